The number of aliphatic imine (C=N–C) groups is 1. The van der Waals surface area contributed by atoms with Gasteiger partial charge in [-0.2, -0.15) is 0 Å². The van der Waals surface area contributed by atoms with Gasteiger partial charge in [0.1, 0.15) is 6.04 Å². The maximum Gasteiger partial charge on any atom is 0.303 e. The average Bonchev–Trinajstić information content (AvgIpc) is 3.29. The molecule has 2 heterocycles. The van der Waals surface area contributed by atoms with E-state index < -0.39 is 0 Å². The van der Waals surface area contributed by atoms with Gasteiger partial charge in [-0.05, 0) is 24.3 Å². The molecule has 1 aliphatic rings. The highest BCUT2D eigenvalue weighted by Crippen LogP contribution is 2.21. The summed E-state index contributed by atoms with van der Waals surface area (Å²) in [5, 5.41) is 5.62. The van der Waals surface area contributed by atoms with E-state index in [-0.39, 0.29) is 0 Å². The summed E-state index contributed by atoms with van der Waals surface area (Å²) in [5.74, 6) is 1.06. The highest BCUT2D eigenvalue weighted by Gasteiger charge is 2.22. The molecule has 0 amide bonds. The van der Waals surface area contributed by atoms with Crippen LogP contribution >= 0.6 is 12.6 Å². The lowest BCUT2D eigenvalue weighted by Gasteiger charge is -1.96. The zero-order chi connectivity index (χ0) is 16.8. The molecule has 0 bridgehead atoms. The number of nitrogens with zero attached hydrogens (tertiary/aromatic N) is 3. The number of aromatic nitrogens is 2. The second kappa shape index (κ2) is 7.71. The van der Waals surface area contributed by atoms with Gasteiger partial charge in [0, 0.05) is 11.8 Å². The van der Waals surface area contributed by atoms with E-state index >= 15 is 0 Å². The number of hydrogen-bond donors (Lipinski definition) is 2. The molecule has 0 unspecified atom stereocenters. The second-order valence-corrected chi connectivity index (χ2v) is 5.51. The fourth-order valence-electron chi connectivity index (χ4n) is 2.71. The minimum Gasteiger partial charge on any atom is -0.375 e. The smallest absolute Gasteiger partial charge is 0.303 e. The van der Waals surface area contributed by atoms with Crippen molar-refractivity contribution in [2.24, 2.45) is 12.0 Å². The molecule has 0 saturated heterocycles. The monoisotopic (exact) mass is 335 g/mol. The minimum atomic E-state index is 0.958. The number of thiol groups is 1. The van der Waals surface area contributed by atoms with Gasteiger partial charge in [0.25, 0.3) is 0 Å². The van der Waals surface area contributed by atoms with Crippen molar-refractivity contribution in [3.05, 3.63) is 54.6 Å². The number of nitrogens with one attached hydrogen (secondary N) is 1. The molecule has 0 radical (unpaired) electrons. The third-order valence-corrected chi connectivity index (χ3v) is 3.88. The van der Waals surface area contributed by atoms with Crippen molar-refractivity contribution in [3.8, 4) is 22.7 Å². The summed E-state index contributed by atoms with van der Waals surface area (Å²) >= 11 is 4.04. The van der Waals surface area contributed by atoms with Crippen molar-refractivity contribution < 1.29 is 4.57 Å². The topological polar surface area (TPSA) is 33.2 Å². The number of para-hydroxylation sites is 2. The van der Waals surface area contributed by atoms with Crippen LogP contribution in [-0.4, -0.2) is 24.0 Å². The van der Waals surface area contributed by atoms with E-state index in [1.165, 1.54) is 0 Å². The third kappa shape index (κ3) is 3.29. The molecular formula is C19H19N4S+. The highest BCUT2D eigenvalue weighted by atomic mass is 32.1. The van der Waals surface area contributed by atoms with Crippen LogP contribution in [0, 0.1) is 11.3 Å². The lowest BCUT2D eigenvalue weighted by atomic mass is 10.2. The van der Waals surface area contributed by atoms with Gasteiger partial charge < -0.3 is 5.32 Å². The Hall–Kier alpha value is -2.71. The van der Waals surface area contributed by atoms with E-state index in [2.05, 4.69) is 70.1 Å². The zero-order valence-electron chi connectivity index (χ0n) is 13.5. The molecule has 0 fully saturated rings. The number of benzene rings is 2. The molecule has 1 N–H and O–H groups in total. The molecule has 4 rings (SSSR count). The van der Waals surface area contributed by atoms with Crippen molar-refractivity contribution in [2.45, 2.75) is 0 Å². The molecule has 0 spiro atoms. The number of imidazole rings is 1. The summed E-state index contributed by atoms with van der Waals surface area (Å²) in [6.07, 6.45) is 1.74. The third-order valence-electron chi connectivity index (χ3n) is 3.78. The summed E-state index contributed by atoms with van der Waals surface area (Å²) in [7, 11) is 2.06. The minimum absolute atomic E-state index is 0.958. The first-order valence-corrected chi connectivity index (χ1v) is 8.19. The van der Waals surface area contributed by atoms with Crippen LogP contribution in [0.4, 0.5) is 0 Å². The molecular weight excluding hydrogens is 316 g/mol. The van der Waals surface area contributed by atoms with Crippen molar-refractivity contribution in [3.63, 3.8) is 0 Å². The standard InChI is InChI=1S/C16H12N2S.C3H6N2/c1-17-14-9-5-6-10-15(14)18(11-12-19)16(17)13-7-3-2-4-8-13;1-2-5-3-4-1/h2-10H,1H3;3H,1-2H2,(H,4,5)/p+1. The Morgan fingerprint density at radius 3 is 2.50 bits per heavy atom. The van der Waals surface area contributed by atoms with E-state index in [1.807, 2.05) is 34.9 Å². The van der Waals surface area contributed by atoms with Crippen LogP contribution in [0.5, 0.6) is 0 Å². The van der Waals surface area contributed by atoms with E-state index in [4.69, 9.17) is 0 Å². The van der Waals surface area contributed by atoms with Crippen LogP contribution in [0.2, 0.25) is 0 Å². The Balaban J connectivity index is 0.000000290. The predicted octanol–water partition coefficient (Wildman–Crippen LogP) is 2.45. The molecule has 4 nitrogen and oxygen atoms in total. The molecule has 0 aliphatic carbocycles. The van der Waals surface area contributed by atoms with E-state index in [0.29, 0.717) is 0 Å². The van der Waals surface area contributed by atoms with Crippen LogP contribution in [0.3, 0.4) is 0 Å². The Morgan fingerprint density at radius 2 is 1.88 bits per heavy atom. The molecule has 0 saturated carbocycles. The van der Waals surface area contributed by atoms with Gasteiger partial charge >= 0.3 is 5.82 Å². The van der Waals surface area contributed by atoms with Gasteiger partial charge in [-0.1, -0.05) is 43.0 Å². The van der Waals surface area contributed by atoms with Gasteiger partial charge in [0.2, 0.25) is 0 Å². The Morgan fingerprint density at radius 1 is 1.12 bits per heavy atom. The van der Waals surface area contributed by atoms with Crippen LogP contribution in [0.25, 0.3) is 22.4 Å². The largest absolute Gasteiger partial charge is 0.375 e. The maximum atomic E-state index is 4.04. The van der Waals surface area contributed by atoms with E-state index in [0.717, 1.165) is 35.5 Å². The van der Waals surface area contributed by atoms with Gasteiger partial charge in [-0.25, -0.2) is 4.57 Å². The zero-order valence-corrected chi connectivity index (χ0v) is 14.4. The van der Waals surface area contributed by atoms with Gasteiger partial charge in [0.05, 0.1) is 25.5 Å². The number of hydrogen-bond acceptors (Lipinski definition) is 3. The summed E-state index contributed by atoms with van der Waals surface area (Å²) in [5.41, 5.74) is 3.38. The lowest BCUT2D eigenvalue weighted by Crippen LogP contribution is -2.29. The second-order valence-electron chi connectivity index (χ2n) is 5.29. The number of fused-ring (bicyclic) bond motifs is 1. The van der Waals surface area contributed by atoms with Crippen molar-refractivity contribution in [1.82, 2.24) is 9.88 Å². The quantitative estimate of drug-likeness (QED) is 0.400. The van der Waals surface area contributed by atoms with Crippen molar-refractivity contribution in [1.29, 1.82) is 0 Å². The van der Waals surface area contributed by atoms with E-state index in [9.17, 15) is 0 Å². The van der Waals surface area contributed by atoms with Crippen LogP contribution in [-0.2, 0) is 7.05 Å². The van der Waals surface area contributed by atoms with Crippen LogP contribution in [0.1, 0.15) is 0 Å². The molecule has 3 aromatic rings. The van der Waals surface area contributed by atoms with Gasteiger partial charge in [-0.3, -0.25) is 4.99 Å². The van der Waals surface area contributed by atoms with Crippen LogP contribution in [0.15, 0.2) is 59.6 Å². The first kappa shape index (κ1) is 16.2. The average molecular weight is 335 g/mol. The maximum absolute atomic E-state index is 4.04. The number of aryl methyl sites for hydroxylation is 1. The first-order chi connectivity index (χ1) is 11.8. The molecule has 120 valence electrons. The van der Waals surface area contributed by atoms with Gasteiger partial charge in [-0.15, -0.1) is 4.57 Å². The normalized spacial score (nSPS) is 12.1. The van der Waals surface area contributed by atoms with Crippen molar-refractivity contribution in [2.75, 3.05) is 13.1 Å². The Bertz CT molecular complexity index is 911. The molecule has 0 atom stereocenters. The molecule has 1 aliphatic heterocycles. The first-order valence-electron chi connectivity index (χ1n) is 7.74. The Labute approximate surface area is 147 Å². The summed E-state index contributed by atoms with van der Waals surface area (Å²) in [6.45, 7) is 1.99. The molecule has 2 aromatic carbocycles. The van der Waals surface area contributed by atoms with Crippen LogP contribution < -0.4 is 9.88 Å². The predicted molar refractivity (Wildman–Crippen MR) is 102 cm³/mol. The van der Waals surface area contributed by atoms with E-state index in [1.54, 1.807) is 6.34 Å². The lowest BCUT2D eigenvalue weighted by molar-refractivity contribution is -0.633. The van der Waals surface area contributed by atoms with Gasteiger partial charge in [0.15, 0.2) is 11.0 Å². The highest BCUT2D eigenvalue weighted by molar-refractivity contribution is 7.85. The molecule has 1 aromatic heterocycles. The summed E-state index contributed by atoms with van der Waals surface area (Å²) < 4.78 is 4.14. The molecule has 5 heteroatoms. The number of rotatable bonds is 1. The molecule has 24 heavy (non-hydrogen) atoms. The Kier molecular flexibility index (Phi) is 5.19. The fourth-order valence-corrected chi connectivity index (χ4v) is 2.81. The SMILES string of the molecule is C1=NCCN1.C[n+]1c(-c2ccccc2)n(C#CS)c2ccccc21. The summed E-state index contributed by atoms with van der Waals surface area (Å²) in [4.78, 5) is 3.85. The van der Waals surface area contributed by atoms with Crippen molar-refractivity contribution >= 4 is 30.0 Å². The summed E-state index contributed by atoms with van der Waals surface area (Å²) in [6, 6.07) is 21.5. The fraction of sp³-hybridized carbons (Fsp3) is 0.158.